The van der Waals surface area contributed by atoms with Crippen LogP contribution in [0.2, 0.25) is 5.02 Å². The van der Waals surface area contributed by atoms with Crippen LogP contribution in [0.25, 0.3) is 0 Å². The number of rotatable bonds is 3. The molecule has 0 aliphatic heterocycles. The monoisotopic (exact) mass is 252 g/mol. The second-order valence-corrected chi connectivity index (χ2v) is 2.99. The molecule has 1 aromatic rings. The van der Waals surface area contributed by atoms with Gasteiger partial charge < -0.3 is 5.11 Å². The maximum absolute atomic E-state index is 12.4. The van der Waals surface area contributed by atoms with Gasteiger partial charge in [0.1, 0.15) is 5.02 Å². The van der Waals surface area contributed by atoms with Crippen LogP contribution in [0.15, 0.2) is 6.07 Å². The average molecular weight is 253 g/mol. The van der Waals surface area contributed by atoms with Crippen LogP contribution in [0.5, 0.6) is 0 Å². The van der Waals surface area contributed by atoms with Crippen molar-refractivity contribution in [2.24, 2.45) is 0 Å². The standard InChI is InChI=1S/C7H3ClF2N2O4/c8-2-1-3(7(13)14)11-4(6(9)10)5(2)12(15)16/h1,6H,(H,13,14). The summed E-state index contributed by atoms with van der Waals surface area (Å²) in [7, 11) is 0. The Balaban J connectivity index is 3.51. The summed E-state index contributed by atoms with van der Waals surface area (Å²) >= 11 is 5.34. The molecule has 0 spiro atoms. The van der Waals surface area contributed by atoms with E-state index in [2.05, 4.69) is 4.98 Å². The lowest BCUT2D eigenvalue weighted by Crippen LogP contribution is -2.07. The Kier molecular flexibility index (Phi) is 3.33. The summed E-state index contributed by atoms with van der Waals surface area (Å²) in [6.07, 6.45) is -3.28. The molecule has 0 aliphatic rings. The van der Waals surface area contributed by atoms with Crippen molar-refractivity contribution >= 4 is 23.3 Å². The van der Waals surface area contributed by atoms with Gasteiger partial charge in [0.2, 0.25) is 0 Å². The second-order valence-electron chi connectivity index (χ2n) is 2.59. The van der Waals surface area contributed by atoms with E-state index in [1.165, 1.54) is 0 Å². The van der Waals surface area contributed by atoms with E-state index in [0.717, 1.165) is 0 Å². The number of hydrogen-bond donors (Lipinski definition) is 1. The van der Waals surface area contributed by atoms with Gasteiger partial charge in [-0.25, -0.2) is 18.6 Å². The van der Waals surface area contributed by atoms with Gasteiger partial charge in [0.25, 0.3) is 6.43 Å². The molecule has 1 rings (SSSR count). The first-order valence-corrected chi connectivity index (χ1v) is 4.08. The molecule has 0 unspecified atom stereocenters. The maximum Gasteiger partial charge on any atom is 0.354 e. The van der Waals surface area contributed by atoms with Crippen molar-refractivity contribution in [3.63, 3.8) is 0 Å². The summed E-state index contributed by atoms with van der Waals surface area (Å²) in [5.41, 5.74) is -3.11. The molecule has 1 aromatic heterocycles. The highest BCUT2D eigenvalue weighted by molar-refractivity contribution is 6.33. The van der Waals surface area contributed by atoms with Gasteiger partial charge in [0, 0.05) is 0 Å². The molecule has 0 aromatic carbocycles. The number of carbonyl (C=O) groups is 1. The van der Waals surface area contributed by atoms with Crippen molar-refractivity contribution < 1.29 is 23.6 Å². The first-order valence-electron chi connectivity index (χ1n) is 3.71. The third-order valence-corrected chi connectivity index (χ3v) is 1.87. The molecule has 0 amide bonds. The van der Waals surface area contributed by atoms with Crippen molar-refractivity contribution in [2.45, 2.75) is 6.43 Å². The van der Waals surface area contributed by atoms with E-state index < -0.39 is 39.4 Å². The van der Waals surface area contributed by atoms with E-state index in [-0.39, 0.29) is 0 Å². The van der Waals surface area contributed by atoms with Crippen molar-refractivity contribution in [3.05, 3.63) is 32.6 Å². The topological polar surface area (TPSA) is 93.3 Å². The molecule has 6 nitrogen and oxygen atoms in total. The van der Waals surface area contributed by atoms with Crippen molar-refractivity contribution in [1.82, 2.24) is 4.98 Å². The molecule has 0 saturated carbocycles. The number of halogens is 3. The summed E-state index contributed by atoms with van der Waals surface area (Å²) < 4.78 is 24.8. The minimum Gasteiger partial charge on any atom is -0.477 e. The van der Waals surface area contributed by atoms with Gasteiger partial charge in [-0.05, 0) is 6.07 Å². The van der Waals surface area contributed by atoms with Crippen LogP contribution >= 0.6 is 11.6 Å². The van der Waals surface area contributed by atoms with Crippen molar-refractivity contribution in [1.29, 1.82) is 0 Å². The Hall–Kier alpha value is -1.83. The number of aromatic carboxylic acids is 1. The maximum atomic E-state index is 12.4. The minimum absolute atomic E-state index is 0.647. The highest BCUT2D eigenvalue weighted by atomic mass is 35.5. The van der Waals surface area contributed by atoms with Crippen molar-refractivity contribution in [2.75, 3.05) is 0 Å². The van der Waals surface area contributed by atoms with Gasteiger partial charge >= 0.3 is 11.7 Å². The van der Waals surface area contributed by atoms with E-state index in [4.69, 9.17) is 16.7 Å². The Morgan fingerprint density at radius 1 is 1.62 bits per heavy atom. The van der Waals surface area contributed by atoms with E-state index >= 15 is 0 Å². The molecule has 0 saturated heterocycles. The van der Waals surface area contributed by atoms with Crippen LogP contribution in [0.3, 0.4) is 0 Å². The fourth-order valence-electron chi connectivity index (χ4n) is 0.968. The lowest BCUT2D eigenvalue weighted by molar-refractivity contribution is -0.386. The summed E-state index contributed by atoms with van der Waals surface area (Å²) in [5, 5.41) is 18.3. The number of pyridine rings is 1. The fourth-order valence-corrected chi connectivity index (χ4v) is 1.24. The Bertz CT molecular complexity index is 466. The average Bonchev–Trinajstić information content (AvgIpc) is 2.15. The number of hydrogen-bond acceptors (Lipinski definition) is 4. The summed E-state index contributed by atoms with van der Waals surface area (Å²) in [6, 6.07) is 0.647. The third-order valence-electron chi connectivity index (χ3n) is 1.58. The molecule has 86 valence electrons. The lowest BCUT2D eigenvalue weighted by Gasteiger charge is -2.03. The zero-order valence-electron chi connectivity index (χ0n) is 7.35. The van der Waals surface area contributed by atoms with Gasteiger partial charge in [-0.1, -0.05) is 11.6 Å². The Morgan fingerprint density at radius 2 is 2.19 bits per heavy atom. The molecular weight excluding hydrogens is 250 g/mol. The molecule has 16 heavy (non-hydrogen) atoms. The van der Waals surface area contributed by atoms with Crippen LogP contribution in [0, 0.1) is 10.1 Å². The van der Waals surface area contributed by atoms with Crippen molar-refractivity contribution in [3.8, 4) is 0 Å². The third kappa shape index (κ3) is 2.22. The number of nitrogens with zero attached hydrogens (tertiary/aromatic N) is 2. The quantitative estimate of drug-likeness (QED) is 0.658. The zero-order valence-corrected chi connectivity index (χ0v) is 8.11. The first kappa shape index (κ1) is 12.2. The van der Waals surface area contributed by atoms with Gasteiger partial charge in [-0.2, -0.15) is 0 Å². The number of nitro groups is 1. The minimum atomic E-state index is -3.28. The number of carboxylic acid groups (broad SMARTS) is 1. The Labute approximate surface area is 91.6 Å². The SMILES string of the molecule is O=C(O)c1cc(Cl)c([N+](=O)[O-])c(C(F)F)n1. The smallest absolute Gasteiger partial charge is 0.354 e. The summed E-state index contributed by atoms with van der Waals surface area (Å²) in [6.45, 7) is 0. The molecule has 1 heterocycles. The lowest BCUT2D eigenvalue weighted by atomic mass is 10.2. The van der Waals surface area contributed by atoms with Crippen LogP contribution in [0.1, 0.15) is 22.6 Å². The van der Waals surface area contributed by atoms with Crippen LogP contribution in [-0.4, -0.2) is 21.0 Å². The molecule has 0 atom stereocenters. The highest BCUT2D eigenvalue weighted by Crippen LogP contribution is 2.33. The molecule has 0 aliphatic carbocycles. The van der Waals surface area contributed by atoms with E-state index in [9.17, 15) is 23.7 Å². The number of aromatic nitrogens is 1. The van der Waals surface area contributed by atoms with E-state index in [1.807, 2.05) is 0 Å². The molecule has 9 heteroatoms. The molecule has 0 radical (unpaired) electrons. The molecule has 0 fully saturated rings. The molecule has 0 bridgehead atoms. The van der Waals surface area contributed by atoms with Gasteiger partial charge in [-0.3, -0.25) is 10.1 Å². The van der Waals surface area contributed by atoms with Crippen LogP contribution in [0.4, 0.5) is 14.5 Å². The normalized spacial score (nSPS) is 10.5. The predicted octanol–water partition coefficient (Wildman–Crippen LogP) is 2.28. The van der Waals surface area contributed by atoms with Gasteiger partial charge in [0.05, 0.1) is 4.92 Å². The number of alkyl halides is 2. The number of carboxylic acids is 1. The van der Waals surface area contributed by atoms with E-state index in [1.54, 1.807) is 0 Å². The molecule has 1 N–H and O–H groups in total. The second kappa shape index (κ2) is 4.35. The van der Waals surface area contributed by atoms with Crippen LogP contribution in [-0.2, 0) is 0 Å². The van der Waals surface area contributed by atoms with Gasteiger partial charge in [-0.15, -0.1) is 0 Å². The predicted molar refractivity (Wildman–Crippen MR) is 47.8 cm³/mol. The largest absolute Gasteiger partial charge is 0.477 e. The highest BCUT2D eigenvalue weighted by Gasteiger charge is 2.29. The van der Waals surface area contributed by atoms with Crippen LogP contribution < -0.4 is 0 Å². The summed E-state index contributed by atoms with van der Waals surface area (Å²) in [5.74, 6) is -1.60. The Morgan fingerprint density at radius 3 is 2.56 bits per heavy atom. The first-order chi connectivity index (χ1) is 7.34. The van der Waals surface area contributed by atoms with E-state index in [0.29, 0.717) is 6.07 Å². The summed E-state index contributed by atoms with van der Waals surface area (Å²) in [4.78, 5) is 22.7. The fraction of sp³-hybridized carbons (Fsp3) is 0.143. The van der Waals surface area contributed by atoms with Gasteiger partial charge in [0.15, 0.2) is 11.4 Å². The zero-order chi connectivity index (χ0) is 12.5. The molecular formula is C7H3ClF2N2O4.